The van der Waals surface area contributed by atoms with E-state index in [2.05, 4.69) is 15.6 Å². The maximum atomic E-state index is 11.6. The summed E-state index contributed by atoms with van der Waals surface area (Å²) in [5, 5.41) is 15.9. The molecule has 1 rings (SSSR count). The largest absolute Gasteiger partial charge is 0.481 e. The van der Waals surface area contributed by atoms with Crippen molar-refractivity contribution in [1.29, 1.82) is 0 Å². The highest BCUT2D eigenvalue weighted by Gasteiger charge is 2.21. The Kier molecular flexibility index (Phi) is 5.08. The number of aliphatic carboxylic acids is 1. The van der Waals surface area contributed by atoms with E-state index in [9.17, 15) is 9.59 Å². The first-order valence-electron chi connectivity index (χ1n) is 5.54. The molecule has 6 nitrogen and oxygen atoms in total. The minimum absolute atomic E-state index is 0.0271. The highest BCUT2D eigenvalue weighted by Crippen LogP contribution is 2.10. The lowest BCUT2D eigenvalue weighted by Crippen LogP contribution is -2.48. The van der Waals surface area contributed by atoms with Gasteiger partial charge in [0.25, 0.3) is 0 Å². The summed E-state index contributed by atoms with van der Waals surface area (Å²) in [5.41, 5.74) is 1.95. The molecule has 0 aromatic carbocycles. The molecule has 0 spiro atoms. The summed E-state index contributed by atoms with van der Waals surface area (Å²) in [6.07, 6.45) is 0.409. The van der Waals surface area contributed by atoms with E-state index < -0.39 is 11.5 Å². The van der Waals surface area contributed by atoms with Gasteiger partial charge < -0.3 is 15.7 Å². The topological polar surface area (TPSA) is 91.3 Å². The van der Waals surface area contributed by atoms with Crippen LogP contribution in [0, 0.1) is 0 Å². The van der Waals surface area contributed by atoms with E-state index in [1.807, 2.05) is 5.38 Å². The van der Waals surface area contributed by atoms with E-state index in [-0.39, 0.29) is 12.5 Å². The van der Waals surface area contributed by atoms with Gasteiger partial charge in [-0.1, -0.05) is 0 Å². The first-order chi connectivity index (χ1) is 8.39. The molecule has 0 saturated carbocycles. The first kappa shape index (κ1) is 14.4. The molecular formula is C11H17N3O3S. The van der Waals surface area contributed by atoms with Crippen LogP contribution in [0.2, 0.25) is 0 Å². The van der Waals surface area contributed by atoms with Crippen molar-refractivity contribution in [3.8, 4) is 0 Å². The van der Waals surface area contributed by atoms with Crippen molar-refractivity contribution < 1.29 is 14.7 Å². The Morgan fingerprint density at radius 2 is 2.22 bits per heavy atom. The van der Waals surface area contributed by atoms with Crippen molar-refractivity contribution in [2.75, 3.05) is 0 Å². The van der Waals surface area contributed by atoms with Gasteiger partial charge in [-0.2, -0.15) is 0 Å². The molecule has 18 heavy (non-hydrogen) atoms. The van der Waals surface area contributed by atoms with Crippen LogP contribution in [0.1, 0.15) is 32.4 Å². The number of hydrogen-bond acceptors (Lipinski definition) is 4. The number of carbonyl (C=O) groups excluding carboxylic acids is 1. The van der Waals surface area contributed by atoms with Crippen LogP contribution in [0.25, 0.3) is 0 Å². The molecule has 0 atom stereocenters. The van der Waals surface area contributed by atoms with Crippen LogP contribution in [0.3, 0.4) is 0 Å². The van der Waals surface area contributed by atoms with E-state index in [1.165, 1.54) is 11.3 Å². The number of thiazole rings is 1. The van der Waals surface area contributed by atoms with Crippen molar-refractivity contribution >= 4 is 23.3 Å². The molecule has 1 aromatic rings. The van der Waals surface area contributed by atoms with Crippen LogP contribution >= 0.6 is 11.3 Å². The number of nitrogens with zero attached hydrogens (tertiary/aromatic N) is 1. The quantitative estimate of drug-likeness (QED) is 0.732. The van der Waals surface area contributed by atoms with Crippen molar-refractivity contribution in [3.05, 3.63) is 16.6 Å². The van der Waals surface area contributed by atoms with E-state index in [4.69, 9.17) is 5.11 Å². The molecule has 0 unspecified atom stereocenters. The second-order valence-corrected chi connectivity index (χ2v) is 5.28. The average Bonchev–Trinajstić information content (AvgIpc) is 2.76. The highest BCUT2D eigenvalue weighted by atomic mass is 32.1. The number of carboxylic acids is 1. The van der Waals surface area contributed by atoms with E-state index in [1.54, 1.807) is 19.4 Å². The summed E-state index contributed by atoms with van der Waals surface area (Å²) in [6, 6.07) is -0.321. The fourth-order valence-corrected chi connectivity index (χ4v) is 1.89. The Morgan fingerprint density at radius 1 is 1.50 bits per heavy atom. The van der Waals surface area contributed by atoms with Crippen LogP contribution < -0.4 is 10.6 Å². The summed E-state index contributed by atoms with van der Waals surface area (Å²) in [5.74, 6) is -0.868. The first-order valence-corrected chi connectivity index (χ1v) is 6.48. The Hall–Kier alpha value is -1.63. The molecule has 0 radical (unpaired) electrons. The van der Waals surface area contributed by atoms with Crippen molar-refractivity contribution in [3.63, 3.8) is 0 Å². The number of hydrogen-bond donors (Lipinski definition) is 3. The van der Waals surface area contributed by atoms with Crippen LogP contribution in [-0.4, -0.2) is 27.6 Å². The van der Waals surface area contributed by atoms with Gasteiger partial charge in [0.1, 0.15) is 0 Å². The molecule has 2 amide bonds. The Balaban J connectivity index is 2.31. The van der Waals surface area contributed by atoms with Gasteiger partial charge in [0.15, 0.2) is 0 Å². The standard InChI is InChI=1S/C11H17N3O3S/c1-11(2,4-3-9(15)16)14-10(17)12-5-8-6-18-7-13-8/h6-7H,3-5H2,1-2H3,(H,15,16)(H2,12,14,17). The maximum absolute atomic E-state index is 11.6. The van der Waals surface area contributed by atoms with E-state index in [0.717, 1.165) is 5.69 Å². The lowest BCUT2D eigenvalue weighted by molar-refractivity contribution is -0.137. The van der Waals surface area contributed by atoms with Crippen molar-refractivity contribution in [2.45, 2.75) is 38.8 Å². The Bertz CT molecular complexity index is 404. The van der Waals surface area contributed by atoms with Gasteiger partial charge in [-0.3, -0.25) is 4.79 Å². The molecule has 0 aliphatic carbocycles. The van der Waals surface area contributed by atoms with Crippen LogP contribution in [-0.2, 0) is 11.3 Å². The third kappa shape index (κ3) is 5.62. The minimum Gasteiger partial charge on any atom is -0.481 e. The minimum atomic E-state index is -0.868. The zero-order valence-corrected chi connectivity index (χ0v) is 11.2. The lowest BCUT2D eigenvalue weighted by atomic mass is 9.99. The summed E-state index contributed by atoms with van der Waals surface area (Å²) < 4.78 is 0. The zero-order valence-electron chi connectivity index (χ0n) is 10.4. The Labute approximate surface area is 109 Å². The molecule has 7 heteroatoms. The summed E-state index contributed by atoms with van der Waals surface area (Å²) in [7, 11) is 0. The van der Waals surface area contributed by atoms with Crippen LogP contribution in [0.5, 0.6) is 0 Å². The van der Waals surface area contributed by atoms with Crippen molar-refractivity contribution in [2.24, 2.45) is 0 Å². The fourth-order valence-electron chi connectivity index (χ4n) is 1.33. The SMILES string of the molecule is CC(C)(CCC(=O)O)NC(=O)NCc1cscn1. The molecule has 1 aromatic heterocycles. The summed E-state index contributed by atoms with van der Waals surface area (Å²) >= 11 is 1.47. The third-order valence-corrected chi connectivity index (χ3v) is 2.96. The van der Waals surface area contributed by atoms with E-state index in [0.29, 0.717) is 13.0 Å². The Morgan fingerprint density at radius 3 is 2.78 bits per heavy atom. The molecule has 0 fully saturated rings. The smallest absolute Gasteiger partial charge is 0.315 e. The predicted molar refractivity (Wildman–Crippen MR) is 68.4 cm³/mol. The molecule has 1 heterocycles. The number of amides is 2. The van der Waals surface area contributed by atoms with Crippen molar-refractivity contribution in [1.82, 2.24) is 15.6 Å². The third-order valence-electron chi connectivity index (χ3n) is 2.33. The fraction of sp³-hybridized carbons (Fsp3) is 0.545. The van der Waals surface area contributed by atoms with Gasteiger partial charge in [-0.05, 0) is 20.3 Å². The molecule has 0 saturated heterocycles. The number of nitrogens with one attached hydrogen (secondary N) is 2. The van der Waals surface area contributed by atoms with Crippen LogP contribution in [0.4, 0.5) is 4.79 Å². The number of carbonyl (C=O) groups is 2. The van der Waals surface area contributed by atoms with Gasteiger partial charge in [0.2, 0.25) is 0 Å². The molecule has 3 N–H and O–H groups in total. The monoisotopic (exact) mass is 271 g/mol. The average molecular weight is 271 g/mol. The molecular weight excluding hydrogens is 254 g/mol. The number of urea groups is 1. The number of rotatable bonds is 6. The second-order valence-electron chi connectivity index (χ2n) is 4.57. The molecule has 0 aliphatic heterocycles. The summed E-state index contributed by atoms with van der Waals surface area (Å²) in [4.78, 5) is 26.1. The normalized spacial score (nSPS) is 11.0. The van der Waals surface area contributed by atoms with Gasteiger partial charge in [0, 0.05) is 17.3 Å². The lowest BCUT2D eigenvalue weighted by Gasteiger charge is -2.25. The number of carboxylic acid groups (broad SMARTS) is 1. The van der Waals surface area contributed by atoms with Gasteiger partial charge >= 0.3 is 12.0 Å². The maximum Gasteiger partial charge on any atom is 0.315 e. The summed E-state index contributed by atoms with van der Waals surface area (Å²) in [6.45, 7) is 3.95. The molecule has 100 valence electrons. The zero-order chi connectivity index (χ0) is 13.6. The van der Waals surface area contributed by atoms with Gasteiger partial charge in [-0.25, -0.2) is 9.78 Å². The van der Waals surface area contributed by atoms with Crippen LogP contribution in [0.15, 0.2) is 10.9 Å². The number of aromatic nitrogens is 1. The molecule has 0 bridgehead atoms. The highest BCUT2D eigenvalue weighted by molar-refractivity contribution is 7.07. The van der Waals surface area contributed by atoms with Gasteiger partial charge in [0.05, 0.1) is 17.7 Å². The molecule has 0 aliphatic rings. The second kappa shape index (κ2) is 6.34. The van der Waals surface area contributed by atoms with E-state index >= 15 is 0 Å². The van der Waals surface area contributed by atoms with Gasteiger partial charge in [-0.15, -0.1) is 11.3 Å². The predicted octanol–water partition coefficient (Wildman–Crippen LogP) is 1.59.